The standard InChI is InChI=1S/C15H16BrFN2O/c16-11-6-12(14(19)8-18)15(13(17)7-11)20-9-10-4-2-1-3-5-10/h1-7,14H,8-9,18-19H2. The molecule has 0 heterocycles. The second-order valence-electron chi connectivity index (χ2n) is 4.42. The molecule has 0 radical (unpaired) electrons. The van der Waals surface area contributed by atoms with Gasteiger partial charge in [0, 0.05) is 22.6 Å². The van der Waals surface area contributed by atoms with Gasteiger partial charge in [-0.3, -0.25) is 0 Å². The summed E-state index contributed by atoms with van der Waals surface area (Å²) in [5, 5.41) is 0. The van der Waals surface area contributed by atoms with E-state index in [2.05, 4.69) is 15.9 Å². The highest BCUT2D eigenvalue weighted by atomic mass is 79.9. The number of halogens is 2. The summed E-state index contributed by atoms with van der Waals surface area (Å²) in [7, 11) is 0. The minimum absolute atomic E-state index is 0.162. The normalized spacial score (nSPS) is 12.2. The average Bonchev–Trinajstić information content (AvgIpc) is 2.46. The molecule has 0 fully saturated rings. The van der Waals surface area contributed by atoms with Gasteiger partial charge in [-0.1, -0.05) is 46.3 Å². The van der Waals surface area contributed by atoms with E-state index in [1.54, 1.807) is 6.07 Å². The Hall–Kier alpha value is -1.43. The van der Waals surface area contributed by atoms with E-state index in [1.165, 1.54) is 6.07 Å². The van der Waals surface area contributed by atoms with E-state index in [1.807, 2.05) is 30.3 Å². The van der Waals surface area contributed by atoms with Crippen molar-refractivity contribution in [3.05, 3.63) is 63.9 Å². The molecule has 5 heteroatoms. The summed E-state index contributed by atoms with van der Waals surface area (Å²) in [5.41, 5.74) is 13.0. The van der Waals surface area contributed by atoms with Crippen LogP contribution in [0.1, 0.15) is 17.2 Å². The molecule has 3 nitrogen and oxygen atoms in total. The van der Waals surface area contributed by atoms with Crippen LogP contribution in [-0.2, 0) is 6.61 Å². The minimum atomic E-state index is -0.465. The van der Waals surface area contributed by atoms with Crippen LogP contribution in [0.2, 0.25) is 0 Å². The molecule has 0 saturated carbocycles. The topological polar surface area (TPSA) is 61.3 Å². The zero-order valence-corrected chi connectivity index (χ0v) is 12.4. The van der Waals surface area contributed by atoms with E-state index in [0.717, 1.165) is 5.56 Å². The lowest BCUT2D eigenvalue weighted by Gasteiger charge is -2.17. The van der Waals surface area contributed by atoms with Crippen LogP contribution in [0.3, 0.4) is 0 Å². The SMILES string of the molecule is NCC(N)c1cc(Br)cc(F)c1OCc1ccccc1. The largest absolute Gasteiger partial charge is 0.485 e. The number of ether oxygens (including phenoxy) is 1. The van der Waals surface area contributed by atoms with Crippen LogP contribution in [0.5, 0.6) is 5.75 Å². The molecule has 0 aliphatic heterocycles. The van der Waals surface area contributed by atoms with Gasteiger partial charge < -0.3 is 16.2 Å². The fraction of sp³-hybridized carbons (Fsp3) is 0.200. The molecule has 0 amide bonds. The zero-order chi connectivity index (χ0) is 14.5. The number of hydrogen-bond acceptors (Lipinski definition) is 3. The van der Waals surface area contributed by atoms with Crippen molar-refractivity contribution in [3.63, 3.8) is 0 Å². The van der Waals surface area contributed by atoms with Gasteiger partial charge in [0.1, 0.15) is 6.61 Å². The Kier molecular flexibility index (Phi) is 5.11. The third-order valence-corrected chi connectivity index (χ3v) is 3.37. The lowest BCUT2D eigenvalue weighted by atomic mass is 10.1. The first-order valence-corrected chi connectivity index (χ1v) is 7.02. The van der Waals surface area contributed by atoms with E-state index in [-0.39, 0.29) is 18.9 Å². The smallest absolute Gasteiger partial charge is 0.166 e. The first-order chi connectivity index (χ1) is 9.61. The maximum absolute atomic E-state index is 14.1. The predicted octanol–water partition coefficient (Wildman–Crippen LogP) is 3.13. The Morgan fingerprint density at radius 3 is 2.55 bits per heavy atom. The molecule has 0 spiro atoms. The molecule has 0 saturated heterocycles. The van der Waals surface area contributed by atoms with Gasteiger partial charge in [-0.2, -0.15) is 0 Å². The Bertz CT molecular complexity index is 578. The lowest BCUT2D eigenvalue weighted by molar-refractivity contribution is 0.285. The van der Waals surface area contributed by atoms with Crippen molar-refractivity contribution >= 4 is 15.9 Å². The summed E-state index contributed by atoms with van der Waals surface area (Å²) >= 11 is 3.25. The van der Waals surface area contributed by atoms with Gasteiger partial charge >= 0.3 is 0 Å². The van der Waals surface area contributed by atoms with Crippen molar-refractivity contribution in [1.82, 2.24) is 0 Å². The van der Waals surface area contributed by atoms with Gasteiger partial charge in [0.15, 0.2) is 11.6 Å². The monoisotopic (exact) mass is 338 g/mol. The molecule has 20 heavy (non-hydrogen) atoms. The predicted molar refractivity (Wildman–Crippen MR) is 80.9 cm³/mol. The fourth-order valence-corrected chi connectivity index (χ4v) is 2.31. The first kappa shape index (κ1) is 15.0. The summed E-state index contributed by atoms with van der Waals surface area (Å²) in [6, 6.07) is 12.2. The number of benzene rings is 2. The molecule has 0 aliphatic rings. The van der Waals surface area contributed by atoms with Crippen molar-refractivity contribution in [2.75, 3.05) is 6.54 Å². The molecular weight excluding hydrogens is 323 g/mol. The van der Waals surface area contributed by atoms with Gasteiger partial charge in [0.2, 0.25) is 0 Å². The van der Waals surface area contributed by atoms with Gasteiger partial charge in [0.05, 0.1) is 0 Å². The third-order valence-electron chi connectivity index (χ3n) is 2.92. The Labute approximate surface area is 125 Å². The summed E-state index contributed by atoms with van der Waals surface area (Å²) in [6.07, 6.45) is 0. The summed E-state index contributed by atoms with van der Waals surface area (Å²) in [4.78, 5) is 0. The second kappa shape index (κ2) is 6.83. The van der Waals surface area contributed by atoms with E-state index in [4.69, 9.17) is 16.2 Å². The van der Waals surface area contributed by atoms with Crippen LogP contribution in [0.15, 0.2) is 46.9 Å². The van der Waals surface area contributed by atoms with Crippen LogP contribution in [-0.4, -0.2) is 6.54 Å². The van der Waals surface area contributed by atoms with E-state index < -0.39 is 11.9 Å². The van der Waals surface area contributed by atoms with Crippen molar-refractivity contribution < 1.29 is 9.13 Å². The van der Waals surface area contributed by atoms with Crippen molar-refractivity contribution in [2.24, 2.45) is 11.5 Å². The molecule has 2 aromatic carbocycles. The third kappa shape index (κ3) is 3.56. The zero-order valence-electron chi connectivity index (χ0n) is 10.9. The summed E-state index contributed by atoms with van der Waals surface area (Å²) < 4.78 is 20.3. The van der Waals surface area contributed by atoms with Gasteiger partial charge in [-0.05, 0) is 17.7 Å². The minimum Gasteiger partial charge on any atom is -0.485 e. The summed E-state index contributed by atoms with van der Waals surface area (Å²) in [5.74, 6) is -0.288. The molecule has 4 N–H and O–H groups in total. The number of rotatable bonds is 5. The van der Waals surface area contributed by atoms with Gasteiger partial charge in [0.25, 0.3) is 0 Å². The maximum Gasteiger partial charge on any atom is 0.166 e. The van der Waals surface area contributed by atoms with E-state index in [0.29, 0.717) is 10.0 Å². The van der Waals surface area contributed by atoms with E-state index in [9.17, 15) is 4.39 Å². The Morgan fingerprint density at radius 2 is 1.90 bits per heavy atom. The van der Waals surface area contributed by atoms with Gasteiger partial charge in [-0.15, -0.1) is 0 Å². The number of nitrogens with two attached hydrogens (primary N) is 2. The number of hydrogen-bond donors (Lipinski definition) is 2. The molecule has 2 rings (SSSR count). The van der Waals surface area contributed by atoms with Gasteiger partial charge in [-0.25, -0.2) is 4.39 Å². The fourth-order valence-electron chi connectivity index (χ4n) is 1.86. The average molecular weight is 339 g/mol. The van der Waals surface area contributed by atoms with Crippen LogP contribution >= 0.6 is 15.9 Å². The lowest BCUT2D eigenvalue weighted by Crippen LogP contribution is -2.22. The highest BCUT2D eigenvalue weighted by molar-refractivity contribution is 9.10. The Morgan fingerprint density at radius 1 is 1.20 bits per heavy atom. The van der Waals surface area contributed by atoms with Crippen LogP contribution in [0.25, 0.3) is 0 Å². The van der Waals surface area contributed by atoms with Crippen molar-refractivity contribution in [2.45, 2.75) is 12.6 Å². The van der Waals surface area contributed by atoms with Crippen LogP contribution < -0.4 is 16.2 Å². The maximum atomic E-state index is 14.1. The quantitative estimate of drug-likeness (QED) is 0.880. The second-order valence-corrected chi connectivity index (χ2v) is 5.34. The molecular formula is C15H16BrFN2O. The molecule has 0 bridgehead atoms. The molecule has 2 aromatic rings. The first-order valence-electron chi connectivity index (χ1n) is 6.23. The molecule has 1 unspecified atom stereocenters. The van der Waals surface area contributed by atoms with E-state index >= 15 is 0 Å². The molecule has 0 aromatic heterocycles. The highest BCUT2D eigenvalue weighted by Crippen LogP contribution is 2.31. The van der Waals surface area contributed by atoms with Crippen LogP contribution in [0, 0.1) is 5.82 Å². The molecule has 0 aliphatic carbocycles. The highest BCUT2D eigenvalue weighted by Gasteiger charge is 2.17. The van der Waals surface area contributed by atoms with Crippen molar-refractivity contribution in [1.29, 1.82) is 0 Å². The molecule has 1 atom stereocenters. The molecule has 106 valence electrons. The summed E-state index contributed by atoms with van der Waals surface area (Å²) in [6.45, 7) is 0.501. The Balaban J connectivity index is 2.26. The van der Waals surface area contributed by atoms with Crippen LogP contribution in [0.4, 0.5) is 4.39 Å². The van der Waals surface area contributed by atoms with Crippen molar-refractivity contribution in [3.8, 4) is 5.75 Å².